The molecule has 0 heterocycles. The fourth-order valence-corrected chi connectivity index (χ4v) is 3.93. The van der Waals surface area contributed by atoms with Crippen molar-refractivity contribution in [1.82, 2.24) is 4.90 Å². The fourth-order valence-electron chi connectivity index (χ4n) is 2.10. The van der Waals surface area contributed by atoms with Gasteiger partial charge in [-0.05, 0) is 37.5 Å². The number of benzene rings is 1. The van der Waals surface area contributed by atoms with Crippen LogP contribution in [0.4, 0.5) is 0 Å². The van der Waals surface area contributed by atoms with Crippen LogP contribution < -0.4 is 0 Å². The Hall–Kier alpha value is -0.590. The monoisotopic (exact) mass is 395 g/mol. The Morgan fingerprint density at radius 2 is 1.95 bits per heavy atom. The summed E-state index contributed by atoms with van der Waals surface area (Å²) in [6.45, 7) is 8.72. The highest BCUT2D eigenvalue weighted by molar-refractivity contribution is 9.10. The molecule has 0 aliphatic rings. The summed E-state index contributed by atoms with van der Waals surface area (Å²) in [5, 5.41) is 0. The summed E-state index contributed by atoms with van der Waals surface area (Å²) in [6.07, 6.45) is 0. The molecule has 0 bridgehead atoms. The number of carbonyl (C=O) groups excluding carboxylic acids is 1. The fraction of sp³-hybridized carbons (Fsp3) is 0.500. The molecule has 0 unspecified atom stereocenters. The second-order valence-corrected chi connectivity index (χ2v) is 8.70. The van der Waals surface area contributed by atoms with Gasteiger partial charge in [-0.25, -0.2) is 8.42 Å². The molecule has 0 aliphatic heterocycles. The van der Waals surface area contributed by atoms with Crippen LogP contribution in [0.1, 0.15) is 36.7 Å². The van der Waals surface area contributed by atoms with E-state index >= 15 is 0 Å². The van der Waals surface area contributed by atoms with Crippen LogP contribution in [0.2, 0.25) is 0 Å². The zero-order chi connectivity index (χ0) is 16.4. The van der Waals surface area contributed by atoms with Gasteiger partial charge in [-0.1, -0.05) is 29.8 Å². The van der Waals surface area contributed by atoms with Crippen molar-refractivity contribution in [3.8, 4) is 0 Å². The van der Waals surface area contributed by atoms with E-state index in [-0.39, 0.29) is 10.8 Å². The highest BCUT2D eigenvalue weighted by atomic mass is 79.9. The topological polar surface area (TPSA) is 54.5 Å². The lowest BCUT2D eigenvalue weighted by Gasteiger charge is -2.24. The molecule has 0 saturated heterocycles. The average Bonchev–Trinajstić information content (AvgIpc) is 2.36. The maximum Gasteiger partial charge on any atom is 0.261 e. The predicted octanol–water partition coefficient (Wildman–Crippen LogP) is 3.80. The van der Waals surface area contributed by atoms with Crippen molar-refractivity contribution in [2.24, 2.45) is 5.92 Å². The van der Waals surface area contributed by atoms with Crippen LogP contribution in [0.25, 0.3) is 0 Å². The molecule has 7 heteroatoms. The summed E-state index contributed by atoms with van der Waals surface area (Å²) in [7, 11) is 1.54. The molecule has 0 spiro atoms. The van der Waals surface area contributed by atoms with Crippen LogP contribution in [0.3, 0.4) is 0 Å². The van der Waals surface area contributed by atoms with Gasteiger partial charge in [0, 0.05) is 33.8 Å². The molecular formula is C14H19BrClNO3S. The molecule has 0 radical (unpaired) electrons. The van der Waals surface area contributed by atoms with E-state index < -0.39 is 9.05 Å². The number of halogens is 2. The van der Waals surface area contributed by atoms with Crippen LogP contribution in [0.5, 0.6) is 0 Å². The highest BCUT2D eigenvalue weighted by Gasteiger charge is 2.23. The maximum atomic E-state index is 12.6. The van der Waals surface area contributed by atoms with Gasteiger partial charge in [0.05, 0.1) is 4.90 Å². The summed E-state index contributed by atoms with van der Waals surface area (Å²) in [5.41, 5.74) is 0.728. The van der Waals surface area contributed by atoms with E-state index in [1.54, 1.807) is 17.9 Å². The Labute approximate surface area is 139 Å². The van der Waals surface area contributed by atoms with Gasteiger partial charge < -0.3 is 4.90 Å². The predicted molar refractivity (Wildman–Crippen MR) is 88.3 cm³/mol. The zero-order valence-corrected chi connectivity index (χ0v) is 15.6. The van der Waals surface area contributed by atoms with Crippen molar-refractivity contribution in [2.45, 2.75) is 32.6 Å². The third-order valence-corrected chi connectivity index (χ3v) is 4.98. The van der Waals surface area contributed by atoms with Gasteiger partial charge in [0.1, 0.15) is 0 Å². The molecule has 0 aliphatic carbocycles. The smallest absolute Gasteiger partial charge is 0.261 e. The lowest BCUT2D eigenvalue weighted by Crippen LogP contribution is -2.34. The molecule has 21 heavy (non-hydrogen) atoms. The molecule has 0 fully saturated rings. The molecule has 0 aromatic heterocycles. The van der Waals surface area contributed by atoms with Gasteiger partial charge in [-0.15, -0.1) is 0 Å². The highest BCUT2D eigenvalue weighted by Crippen LogP contribution is 2.28. The van der Waals surface area contributed by atoms with E-state index in [2.05, 4.69) is 15.9 Å². The lowest BCUT2D eigenvalue weighted by atomic mass is 10.1. The number of hydrogen-bond acceptors (Lipinski definition) is 3. The van der Waals surface area contributed by atoms with E-state index in [0.717, 1.165) is 0 Å². The van der Waals surface area contributed by atoms with Crippen molar-refractivity contribution in [3.05, 3.63) is 27.7 Å². The zero-order valence-electron chi connectivity index (χ0n) is 12.5. The van der Waals surface area contributed by atoms with Gasteiger partial charge in [-0.2, -0.15) is 0 Å². The normalized spacial score (nSPS) is 11.8. The molecule has 1 amide bonds. The minimum Gasteiger partial charge on any atom is -0.339 e. The maximum absolute atomic E-state index is 12.6. The van der Waals surface area contributed by atoms with Gasteiger partial charge in [0.25, 0.3) is 15.0 Å². The molecule has 4 nitrogen and oxygen atoms in total. The Morgan fingerprint density at radius 1 is 1.38 bits per heavy atom. The Bertz CT molecular complexity index is 644. The van der Waals surface area contributed by atoms with Crippen molar-refractivity contribution >= 4 is 41.6 Å². The second kappa shape index (κ2) is 7.11. The molecule has 0 atom stereocenters. The quantitative estimate of drug-likeness (QED) is 0.711. The standard InChI is InChI=1S/C14H19BrClNO3S/c1-5-17(8-9(2)3)14(18)12-6-11(15)7-13(10(12)4)21(16,19)20/h6-7,9H,5,8H2,1-4H3. The van der Waals surface area contributed by atoms with Crippen molar-refractivity contribution in [1.29, 1.82) is 0 Å². The summed E-state index contributed by atoms with van der Waals surface area (Å²) in [4.78, 5) is 14.3. The minimum absolute atomic E-state index is 0.0394. The van der Waals surface area contributed by atoms with Crippen LogP contribution in [0, 0.1) is 12.8 Å². The van der Waals surface area contributed by atoms with E-state index in [1.165, 1.54) is 6.07 Å². The summed E-state index contributed by atoms with van der Waals surface area (Å²) in [6, 6.07) is 3.04. The molecule has 1 rings (SSSR count). The molecule has 1 aromatic rings. The van der Waals surface area contributed by atoms with Crippen LogP contribution in [-0.4, -0.2) is 32.3 Å². The number of carbonyl (C=O) groups is 1. The molecule has 0 N–H and O–H groups in total. The van der Waals surface area contributed by atoms with Crippen LogP contribution in [0.15, 0.2) is 21.5 Å². The van der Waals surface area contributed by atoms with E-state index in [1.807, 2.05) is 20.8 Å². The molecule has 118 valence electrons. The Balaban J connectivity index is 3.36. The Kier molecular flexibility index (Phi) is 6.25. The van der Waals surface area contributed by atoms with Crippen molar-refractivity contribution in [3.63, 3.8) is 0 Å². The van der Waals surface area contributed by atoms with E-state index in [9.17, 15) is 13.2 Å². The molecular weight excluding hydrogens is 378 g/mol. The third kappa shape index (κ3) is 4.69. The summed E-state index contributed by atoms with van der Waals surface area (Å²) in [5.74, 6) is 0.143. The number of amides is 1. The summed E-state index contributed by atoms with van der Waals surface area (Å²) < 4.78 is 23.7. The van der Waals surface area contributed by atoms with Gasteiger partial charge in [0.15, 0.2) is 0 Å². The first-order valence-electron chi connectivity index (χ1n) is 6.62. The lowest BCUT2D eigenvalue weighted by molar-refractivity contribution is 0.0744. The first-order chi connectivity index (χ1) is 9.57. The number of nitrogens with zero attached hydrogens (tertiary/aromatic N) is 1. The van der Waals surface area contributed by atoms with Crippen molar-refractivity contribution in [2.75, 3.05) is 13.1 Å². The largest absolute Gasteiger partial charge is 0.339 e. The average molecular weight is 397 g/mol. The molecule has 0 saturated carbocycles. The van der Waals surface area contributed by atoms with Crippen LogP contribution in [-0.2, 0) is 9.05 Å². The first kappa shape index (κ1) is 18.5. The SMILES string of the molecule is CCN(CC(C)C)C(=O)c1cc(Br)cc(S(=O)(=O)Cl)c1C. The van der Waals surface area contributed by atoms with Crippen LogP contribution >= 0.6 is 26.6 Å². The number of hydrogen-bond donors (Lipinski definition) is 0. The summed E-state index contributed by atoms with van der Waals surface area (Å²) >= 11 is 3.24. The minimum atomic E-state index is -3.90. The number of rotatable bonds is 5. The van der Waals surface area contributed by atoms with E-state index in [4.69, 9.17) is 10.7 Å². The van der Waals surface area contributed by atoms with Gasteiger partial charge in [0.2, 0.25) is 0 Å². The van der Waals surface area contributed by atoms with Gasteiger partial charge in [-0.3, -0.25) is 4.79 Å². The second-order valence-electron chi connectivity index (χ2n) is 5.25. The third-order valence-electron chi connectivity index (χ3n) is 3.07. The van der Waals surface area contributed by atoms with Crippen molar-refractivity contribution < 1.29 is 13.2 Å². The van der Waals surface area contributed by atoms with Gasteiger partial charge >= 0.3 is 0 Å². The first-order valence-corrected chi connectivity index (χ1v) is 9.72. The van der Waals surface area contributed by atoms with E-state index in [0.29, 0.717) is 34.6 Å². The Morgan fingerprint density at radius 3 is 2.38 bits per heavy atom. The molecule has 1 aromatic carbocycles.